The molecule has 69 heavy (non-hydrogen) atoms. The predicted octanol–water partition coefficient (Wildman–Crippen LogP) is 15.2. The van der Waals surface area contributed by atoms with Crippen molar-refractivity contribution in [3.05, 3.63) is 186 Å². The van der Waals surface area contributed by atoms with Gasteiger partial charge in [-0.2, -0.15) is 0 Å². The van der Waals surface area contributed by atoms with Crippen LogP contribution in [0.3, 0.4) is 0 Å². The van der Waals surface area contributed by atoms with Crippen molar-refractivity contribution in [2.45, 2.75) is 85.5 Å². The van der Waals surface area contributed by atoms with Crippen LogP contribution in [0.4, 0.5) is 11.4 Å². The summed E-state index contributed by atoms with van der Waals surface area (Å²) in [4.78, 5) is 7.56. The third kappa shape index (κ3) is 5.66. The second-order valence-corrected chi connectivity index (χ2v) is 23.5. The SMILES string of the molecule is CC(C)(C)C1=CCC2C(=C1)N1c3cc(-c4cccc(-c5ccccn5)c4)cc4c3B(c3cc5c6ccccc6c6ccccc6c5c2c31)c1cc(C(C)(C)C)cc2c3cc(C(C)(C)C)ccc3n-4c12. The summed E-state index contributed by atoms with van der Waals surface area (Å²) in [5, 5.41) is 10.8. The van der Waals surface area contributed by atoms with Gasteiger partial charge in [0, 0.05) is 56.7 Å². The molecule has 0 saturated carbocycles. The molecule has 10 aromatic rings. The lowest BCUT2D eigenvalue weighted by Gasteiger charge is -2.40. The lowest BCUT2D eigenvalue weighted by Crippen LogP contribution is -2.60. The quantitative estimate of drug-likeness (QED) is 0.127. The summed E-state index contributed by atoms with van der Waals surface area (Å²) >= 11 is 0. The molecule has 0 amide bonds. The van der Waals surface area contributed by atoms with Crippen LogP contribution in [0.1, 0.15) is 91.3 Å². The number of allylic oxidation sites excluding steroid dienone is 4. The van der Waals surface area contributed by atoms with Crippen LogP contribution < -0.4 is 21.3 Å². The van der Waals surface area contributed by atoms with Crippen molar-refractivity contribution in [3.8, 4) is 28.1 Å². The average molecular weight is 890 g/mol. The number of aromatic nitrogens is 2. The first-order chi connectivity index (χ1) is 33.1. The topological polar surface area (TPSA) is 21.1 Å². The molecule has 0 bridgehead atoms. The zero-order chi connectivity index (χ0) is 47.0. The van der Waals surface area contributed by atoms with E-state index in [-0.39, 0.29) is 28.9 Å². The zero-order valence-corrected chi connectivity index (χ0v) is 41.2. The normalized spacial score (nSPS) is 16.1. The van der Waals surface area contributed by atoms with Gasteiger partial charge in [0.2, 0.25) is 0 Å². The second-order valence-electron chi connectivity index (χ2n) is 23.5. The van der Waals surface area contributed by atoms with Crippen LogP contribution in [0.2, 0.25) is 0 Å². The number of hydrogen-bond acceptors (Lipinski definition) is 2. The van der Waals surface area contributed by atoms with Gasteiger partial charge in [-0.05, 0) is 159 Å². The number of nitrogens with zero attached hydrogens (tertiary/aromatic N) is 3. The van der Waals surface area contributed by atoms with Crippen LogP contribution >= 0.6 is 0 Å². The highest BCUT2D eigenvalue weighted by Gasteiger charge is 2.50. The van der Waals surface area contributed by atoms with Crippen LogP contribution in [0, 0.1) is 5.41 Å². The van der Waals surface area contributed by atoms with Crippen molar-refractivity contribution in [2.75, 3.05) is 4.90 Å². The second kappa shape index (κ2) is 13.8. The Labute approximate surface area is 405 Å². The highest BCUT2D eigenvalue weighted by atomic mass is 15.2. The number of benzene rings is 8. The Hall–Kier alpha value is -7.17. The summed E-state index contributed by atoms with van der Waals surface area (Å²) in [6.07, 6.45) is 8.00. The number of rotatable bonds is 2. The molecule has 5 heterocycles. The fraction of sp³-hybridized carbons (Fsp3) is 0.215. The minimum absolute atomic E-state index is 0.00104. The molecule has 8 aromatic carbocycles. The third-order valence-corrected chi connectivity index (χ3v) is 16.3. The van der Waals surface area contributed by atoms with E-state index in [2.05, 4.69) is 217 Å². The molecule has 1 aliphatic carbocycles. The minimum atomic E-state index is -0.0672. The molecular weight excluding hydrogens is 834 g/mol. The number of anilines is 2. The van der Waals surface area contributed by atoms with E-state index < -0.39 is 0 Å². The molecular formula is C65H56BN3. The lowest BCUT2D eigenvalue weighted by molar-refractivity contribution is 0.508. The zero-order valence-electron chi connectivity index (χ0n) is 41.2. The Kier molecular flexibility index (Phi) is 8.15. The van der Waals surface area contributed by atoms with Crippen LogP contribution in [0.25, 0.3) is 82.2 Å². The van der Waals surface area contributed by atoms with Crippen LogP contribution in [-0.2, 0) is 10.8 Å². The van der Waals surface area contributed by atoms with Gasteiger partial charge >= 0.3 is 0 Å². The largest absolute Gasteiger partial charge is 0.314 e. The maximum atomic E-state index is 4.80. The van der Waals surface area contributed by atoms with Crippen molar-refractivity contribution < 1.29 is 0 Å². The van der Waals surface area contributed by atoms with Crippen LogP contribution in [0.15, 0.2) is 169 Å². The van der Waals surface area contributed by atoms with E-state index in [9.17, 15) is 0 Å². The molecule has 334 valence electrons. The van der Waals surface area contributed by atoms with Crippen molar-refractivity contribution in [1.82, 2.24) is 9.55 Å². The fourth-order valence-electron chi connectivity index (χ4n) is 12.9. The van der Waals surface area contributed by atoms with Gasteiger partial charge in [0.1, 0.15) is 0 Å². The molecule has 3 nitrogen and oxygen atoms in total. The van der Waals surface area contributed by atoms with E-state index >= 15 is 0 Å². The first-order valence-corrected chi connectivity index (χ1v) is 25.1. The van der Waals surface area contributed by atoms with E-state index in [1.807, 2.05) is 12.3 Å². The highest BCUT2D eigenvalue weighted by Crippen LogP contribution is 2.58. The Morgan fingerprint density at radius 2 is 1.22 bits per heavy atom. The van der Waals surface area contributed by atoms with Crippen LogP contribution in [-0.4, -0.2) is 16.3 Å². The summed E-state index contributed by atoms with van der Waals surface area (Å²) in [6, 6.07) is 53.8. The van der Waals surface area contributed by atoms with E-state index in [4.69, 9.17) is 4.98 Å². The predicted molar refractivity (Wildman–Crippen MR) is 296 cm³/mol. The maximum Gasteiger partial charge on any atom is 0.252 e. The maximum absolute atomic E-state index is 4.80. The monoisotopic (exact) mass is 889 g/mol. The molecule has 0 fully saturated rings. The van der Waals surface area contributed by atoms with E-state index in [1.54, 1.807) is 0 Å². The summed E-state index contributed by atoms with van der Waals surface area (Å²) in [7, 11) is 0. The van der Waals surface area contributed by atoms with E-state index in [0.29, 0.717) is 0 Å². The Morgan fingerprint density at radius 1 is 0.536 bits per heavy atom. The fourth-order valence-corrected chi connectivity index (χ4v) is 12.9. The average Bonchev–Trinajstić information content (AvgIpc) is 3.87. The molecule has 1 unspecified atom stereocenters. The van der Waals surface area contributed by atoms with Gasteiger partial charge in [-0.3, -0.25) is 4.98 Å². The van der Waals surface area contributed by atoms with Crippen molar-refractivity contribution in [3.63, 3.8) is 0 Å². The highest BCUT2D eigenvalue weighted by molar-refractivity contribution is 7.00. The van der Waals surface area contributed by atoms with Gasteiger partial charge in [0.15, 0.2) is 0 Å². The molecule has 4 aliphatic rings. The Balaban J connectivity index is 1.19. The van der Waals surface area contributed by atoms with Gasteiger partial charge in [0.05, 0.1) is 11.2 Å². The van der Waals surface area contributed by atoms with Crippen LogP contribution in [0.5, 0.6) is 0 Å². The Morgan fingerprint density at radius 3 is 1.94 bits per heavy atom. The molecule has 0 N–H and O–H groups in total. The van der Waals surface area contributed by atoms with Crippen molar-refractivity contribution in [1.29, 1.82) is 0 Å². The van der Waals surface area contributed by atoms with Gasteiger partial charge in [-0.1, -0.05) is 159 Å². The molecule has 0 spiro atoms. The molecule has 14 rings (SSSR count). The molecule has 3 aliphatic heterocycles. The molecule has 1 atom stereocenters. The van der Waals surface area contributed by atoms with Gasteiger partial charge < -0.3 is 9.47 Å². The lowest BCUT2D eigenvalue weighted by atomic mass is 9.33. The number of fused-ring (bicyclic) bond motifs is 17. The summed E-state index contributed by atoms with van der Waals surface area (Å²) in [5.74, 6) is 0.196. The minimum Gasteiger partial charge on any atom is -0.314 e. The summed E-state index contributed by atoms with van der Waals surface area (Å²) in [5.41, 5.74) is 22.3. The van der Waals surface area contributed by atoms with Gasteiger partial charge in [0.25, 0.3) is 6.71 Å². The summed E-state index contributed by atoms with van der Waals surface area (Å²) in [6.45, 7) is 21.3. The smallest absolute Gasteiger partial charge is 0.252 e. The standard InChI is InChI=1S/C65H56BN3/c1-63(2,3)40-25-27-54-48(32-40)50-33-42(65(7,8)9)34-51-61(50)68(54)56-30-39(37-17-16-18-38(29-37)53-23-14-15-28-67-53)31-57-60(56)66(51)52-36-49-45-21-11-10-19-43(45)44-20-12-13-22-46(44)58(49)59-47-26-24-41(64(4,5)6)35-55(47)69(57)62(52)59/h10-25,27-36,47H,26H2,1-9H3. The molecule has 0 saturated heterocycles. The van der Waals surface area contributed by atoms with E-state index in [0.717, 1.165) is 17.7 Å². The Bertz CT molecular complexity index is 3990. The third-order valence-electron chi connectivity index (χ3n) is 16.3. The van der Waals surface area contributed by atoms with Crippen molar-refractivity contribution in [2.24, 2.45) is 5.41 Å². The number of hydrogen-bond donors (Lipinski definition) is 0. The van der Waals surface area contributed by atoms with E-state index in [1.165, 1.54) is 127 Å². The first-order valence-electron chi connectivity index (χ1n) is 25.1. The molecule has 0 radical (unpaired) electrons. The first kappa shape index (κ1) is 40.9. The van der Waals surface area contributed by atoms with Crippen molar-refractivity contribution >= 4 is 88.6 Å². The number of pyridine rings is 1. The molecule has 4 heteroatoms. The molecule has 2 aromatic heterocycles. The van der Waals surface area contributed by atoms with Gasteiger partial charge in [-0.15, -0.1) is 0 Å². The van der Waals surface area contributed by atoms with Gasteiger partial charge in [-0.25, -0.2) is 0 Å². The summed E-state index contributed by atoms with van der Waals surface area (Å²) < 4.78 is 2.67.